The molecule has 2 aromatic carbocycles. The Morgan fingerprint density at radius 3 is 2.72 bits per heavy atom. The molecule has 148 valence electrons. The highest BCUT2D eigenvalue weighted by Crippen LogP contribution is 2.31. The van der Waals surface area contributed by atoms with Gasteiger partial charge in [0.15, 0.2) is 0 Å². The molecule has 3 amide bonds. The fourth-order valence-corrected chi connectivity index (χ4v) is 3.58. The monoisotopic (exact) mass is 393 g/mol. The van der Waals surface area contributed by atoms with E-state index in [1.807, 2.05) is 19.1 Å². The number of aromatic nitrogens is 2. The topological polar surface area (TPSA) is 90.1 Å². The van der Waals surface area contributed by atoms with Crippen molar-refractivity contribution in [2.24, 2.45) is 0 Å². The highest BCUT2D eigenvalue weighted by molar-refractivity contribution is 6.07. The van der Waals surface area contributed by atoms with Gasteiger partial charge in [0.2, 0.25) is 0 Å². The Labute approximate surface area is 166 Å². The Hall–Kier alpha value is -3.68. The molecule has 2 heterocycles. The Balaban J connectivity index is 1.72. The maximum Gasteiger partial charge on any atom is 0.322 e. The lowest BCUT2D eigenvalue weighted by Crippen LogP contribution is -2.48. The number of halogens is 1. The van der Waals surface area contributed by atoms with Crippen LogP contribution < -0.4 is 10.6 Å². The van der Waals surface area contributed by atoms with Crippen molar-refractivity contribution in [3.05, 3.63) is 71.3 Å². The molecule has 29 heavy (non-hydrogen) atoms. The Kier molecular flexibility index (Phi) is 4.75. The van der Waals surface area contributed by atoms with Crippen molar-refractivity contribution in [1.29, 1.82) is 0 Å². The number of hydrogen-bond donors (Lipinski definition) is 3. The number of carbonyl (C=O) groups excluding carboxylic acids is 2. The second-order valence-corrected chi connectivity index (χ2v) is 6.80. The van der Waals surface area contributed by atoms with Crippen molar-refractivity contribution in [3.63, 3.8) is 0 Å². The van der Waals surface area contributed by atoms with Crippen molar-refractivity contribution in [2.75, 3.05) is 11.9 Å². The molecule has 3 aromatic rings. The number of amides is 3. The van der Waals surface area contributed by atoms with Crippen LogP contribution in [0.2, 0.25) is 0 Å². The van der Waals surface area contributed by atoms with Crippen LogP contribution in [0.15, 0.2) is 59.9 Å². The van der Waals surface area contributed by atoms with E-state index in [1.54, 1.807) is 31.3 Å². The molecule has 0 saturated carbocycles. The molecule has 1 atom stereocenters. The number of urea groups is 1. The first-order chi connectivity index (χ1) is 14.0. The number of carbonyl (C=O) groups is 2. The number of anilines is 1. The number of H-pyrrole nitrogens is 1. The van der Waals surface area contributed by atoms with Crippen molar-refractivity contribution < 1.29 is 14.0 Å². The van der Waals surface area contributed by atoms with Crippen LogP contribution in [0.25, 0.3) is 10.9 Å². The van der Waals surface area contributed by atoms with E-state index in [-0.39, 0.29) is 17.8 Å². The van der Waals surface area contributed by atoms with Crippen LogP contribution in [0.5, 0.6) is 0 Å². The SMILES string of the molecule is CCN1C(=O)NC(c2ccc(F)cc2)C(C(=O)Nc2ccc3[nH]ncc3c2)=C1C. The number of allylic oxidation sites excluding steroid dienone is 1. The lowest BCUT2D eigenvalue weighted by atomic mass is 9.94. The zero-order chi connectivity index (χ0) is 20.5. The molecule has 8 heteroatoms. The molecule has 0 aliphatic carbocycles. The van der Waals surface area contributed by atoms with E-state index in [0.717, 1.165) is 10.9 Å². The predicted molar refractivity (Wildman–Crippen MR) is 107 cm³/mol. The van der Waals surface area contributed by atoms with Gasteiger partial charge in [-0.25, -0.2) is 9.18 Å². The van der Waals surface area contributed by atoms with Crippen molar-refractivity contribution in [1.82, 2.24) is 20.4 Å². The van der Waals surface area contributed by atoms with Crippen LogP contribution in [0.3, 0.4) is 0 Å². The normalized spacial score (nSPS) is 16.9. The average molecular weight is 393 g/mol. The molecule has 1 aromatic heterocycles. The molecule has 0 saturated heterocycles. The Morgan fingerprint density at radius 2 is 2.00 bits per heavy atom. The second kappa shape index (κ2) is 7.38. The molecule has 1 aliphatic heterocycles. The largest absolute Gasteiger partial charge is 0.326 e. The lowest BCUT2D eigenvalue weighted by Gasteiger charge is -2.35. The molecule has 1 unspecified atom stereocenters. The van der Waals surface area contributed by atoms with Gasteiger partial charge in [-0.15, -0.1) is 0 Å². The summed E-state index contributed by atoms with van der Waals surface area (Å²) in [6, 6.07) is 10.2. The van der Waals surface area contributed by atoms with Crippen LogP contribution in [0, 0.1) is 5.82 Å². The lowest BCUT2D eigenvalue weighted by molar-refractivity contribution is -0.113. The van der Waals surface area contributed by atoms with Crippen LogP contribution in [0.4, 0.5) is 14.9 Å². The second-order valence-electron chi connectivity index (χ2n) is 6.80. The van der Waals surface area contributed by atoms with E-state index < -0.39 is 6.04 Å². The van der Waals surface area contributed by atoms with Gasteiger partial charge in [-0.3, -0.25) is 14.8 Å². The zero-order valence-corrected chi connectivity index (χ0v) is 16.0. The fraction of sp³-hybridized carbons (Fsp3) is 0.190. The Morgan fingerprint density at radius 1 is 1.24 bits per heavy atom. The van der Waals surface area contributed by atoms with Gasteiger partial charge in [0.1, 0.15) is 5.82 Å². The first-order valence-electron chi connectivity index (χ1n) is 9.26. The van der Waals surface area contributed by atoms with Gasteiger partial charge in [0.25, 0.3) is 5.91 Å². The number of nitrogens with zero attached hydrogens (tertiary/aromatic N) is 2. The quantitative estimate of drug-likeness (QED) is 0.631. The highest BCUT2D eigenvalue weighted by atomic mass is 19.1. The number of rotatable bonds is 4. The fourth-order valence-electron chi connectivity index (χ4n) is 3.58. The minimum atomic E-state index is -0.677. The number of fused-ring (bicyclic) bond motifs is 1. The Bertz CT molecular complexity index is 1120. The molecule has 0 spiro atoms. The average Bonchev–Trinajstić information content (AvgIpc) is 3.16. The third-order valence-electron chi connectivity index (χ3n) is 5.06. The van der Waals surface area contributed by atoms with E-state index >= 15 is 0 Å². The molecule has 1 aliphatic rings. The first kappa shape index (κ1) is 18.7. The summed E-state index contributed by atoms with van der Waals surface area (Å²) in [4.78, 5) is 27.2. The van der Waals surface area contributed by atoms with E-state index in [4.69, 9.17) is 0 Å². The molecule has 4 rings (SSSR count). The molecular weight excluding hydrogens is 373 g/mol. The summed E-state index contributed by atoms with van der Waals surface area (Å²) in [5.74, 6) is -0.718. The summed E-state index contributed by atoms with van der Waals surface area (Å²) in [6.07, 6.45) is 1.68. The van der Waals surface area contributed by atoms with Gasteiger partial charge in [-0.1, -0.05) is 12.1 Å². The standard InChI is InChI=1S/C21H20FN5O2/c1-3-27-12(2)18(19(25-21(27)29)13-4-6-15(22)7-5-13)20(28)24-16-8-9-17-14(10-16)11-23-26-17/h4-11,19H,3H2,1-2H3,(H,23,26)(H,24,28)(H,25,29). The first-order valence-corrected chi connectivity index (χ1v) is 9.26. The van der Waals surface area contributed by atoms with E-state index in [0.29, 0.717) is 29.1 Å². The summed E-state index contributed by atoms with van der Waals surface area (Å²) in [7, 11) is 0. The summed E-state index contributed by atoms with van der Waals surface area (Å²) in [6.45, 7) is 4.00. The van der Waals surface area contributed by atoms with E-state index in [1.165, 1.54) is 17.0 Å². The van der Waals surface area contributed by atoms with Crippen LogP contribution in [-0.4, -0.2) is 33.6 Å². The molecule has 7 nitrogen and oxygen atoms in total. The number of nitrogens with one attached hydrogen (secondary N) is 3. The number of hydrogen-bond acceptors (Lipinski definition) is 3. The van der Waals surface area contributed by atoms with Crippen molar-refractivity contribution in [3.8, 4) is 0 Å². The maximum atomic E-state index is 13.4. The van der Waals surface area contributed by atoms with E-state index in [2.05, 4.69) is 20.8 Å². The summed E-state index contributed by atoms with van der Waals surface area (Å²) >= 11 is 0. The van der Waals surface area contributed by atoms with Gasteiger partial charge in [-0.05, 0) is 49.7 Å². The van der Waals surface area contributed by atoms with Crippen molar-refractivity contribution >= 4 is 28.5 Å². The van der Waals surface area contributed by atoms with Gasteiger partial charge in [0.05, 0.1) is 23.3 Å². The molecule has 0 fully saturated rings. The maximum absolute atomic E-state index is 13.4. The minimum absolute atomic E-state index is 0.296. The summed E-state index contributed by atoms with van der Waals surface area (Å²) in [5.41, 5.74) is 3.08. The number of aromatic amines is 1. The van der Waals surface area contributed by atoms with Crippen LogP contribution in [0.1, 0.15) is 25.5 Å². The van der Waals surface area contributed by atoms with Crippen LogP contribution >= 0.6 is 0 Å². The summed E-state index contributed by atoms with van der Waals surface area (Å²) in [5, 5.41) is 13.5. The highest BCUT2D eigenvalue weighted by Gasteiger charge is 2.35. The van der Waals surface area contributed by atoms with Gasteiger partial charge in [0, 0.05) is 23.3 Å². The third-order valence-corrected chi connectivity index (χ3v) is 5.06. The van der Waals surface area contributed by atoms with E-state index in [9.17, 15) is 14.0 Å². The minimum Gasteiger partial charge on any atom is -0.326 e. The molecular formula is C21H20FN5O2. The predicted octanol–water partition coefficient (Wildman–Crippen LogP) is 3.70. The molecule has 3 N–H and O–H groups in total. The van der Waals surface area contributed by atoms with Gasteiger partial charge in [-0.2, -0.15) is 5.10 Å². The smallest absolute Gasteiger partial charge is 0.322 e. The van der Waals surface area contributed by atoms with Crippen molar-refractivity contribution in [2.45, 2.75) is 19.9 Å². The molecule has 0 radical (unpaired) electrons. The zero-order valence-electron chi connectivity index (χ0n) is 16.0. The third kappa shape index (κ3) is 3.44. The van der Waals surface area contributed by atoms with Crippen LogP contribution in [-0.2, 0) is 4.79 Å². The van der Waals surface area contributed by atoms with Gasteiger partial charge >= 0.3 is 6.03 Å². The number of benzene rings is 2. The van der Waals surface area contributed by atoms with Gasteiger partial charge < -0.3 is 10.6 Å². The molecule has 0 bridgehead atoms. The summed E-state index contributed by atoms with van der Waals surface area (Å²) < 4.78 is 13.4.